The number of likely N-dealkylation sites (tertiary alicyclic amines) is 1. The quantitative estimate of drug-likeness (QED) is 0.655. The van der Waals surface area contributed by atoms with E-state index in [0.29, 0.717) is 11.5 Å². The maximum atomic E-state index is 11.4. The summed E-state index contributed by atoms with van der Waals surface area (Å²) in [6.07, 6.45) is 1.12. The highest BCUT2D eigenvalue weighted by Crippen LogP contribution is 2.13. The predicted molar refractivity (Wildman–Crippen MR) is 59.7 cm³/mol. The zero-order valence-corrected chi connectivity index (χ0v) is 10.0. The molecule has 0 radical (unpaired) electrons. The standard InChI is InChI=1S/C10H17NO3S/c1-8(10(13)14-2)6-15-7-9(12)11-4-3-5-11/h8H,3-7H2,1-2H3. The number of esters is 1. The van der Waals surface area contributed by atoms with E-state index in [0.717, 1.165) is 19.5 Å². The number of methoxy groups -OCH3 is 1. The van der Waals surface area contributed by atoms with E-state index >= 15 is 0 Å². The van der Waals surface area contributed by atoms with Gasteiger partial charge in [-0.1, -0.05) is 6.92 Å². The van der Waals surface area contributed by atoms with Crippen LogP contribution in [0, 0.1) is 5.92 Å². The molecule has 1 aliphatic rings. The average Bonchev–Trinajstić information content (AvgIpc) is 2.13. The van der Waals surface area contributed by atoms with Crippen molar-refractivity contribution in [2.75, 3.05) is 31.7 Å². The van der Waals surface area contributed by atoms with Crippen LogP contribution >= 0.6 is 11.8 Å². The van der Waals surface area contributed by atoms with Crippen LogP contribution in [-0.2, 0) is 14.3 Å². The Labute approximate surface area is 94.3 Å². The van der Waals surface area contributed by atoms with Crippen LogP contribution in [0.3, 0.4) is 0 Å². The van der Waals surface area contributed by atoms with Gasteiger partial charge in [-0.15, -0.1) is 0 Å². The fraction of sp³-hybridized carbons (Fsp3) is 0.800. The molecule has 0 aromatic carbocycles. The van der Waals surface area contributed by atoms with E-state index in [1.165, 1.54) is 18.9 Å². The van der Waals surface area contributed by atoms with Gasteiger partial charge in [0.2, 0.25) is 5.91 Å². The van der Waals surface area contributed by atoms with Crippen molar-refractivity contribution in [1.82, 2.24) is 4.90 Å². The number of carbonyl (C=O) groups excluding carboxylic acids is 2. The van der Waals surface area contributed by atoms with Crippen LogP contribution in [0.15, 0.2) is 0 Å². The second kappa shape index (κ2) is 6.00. The number of carbonyl (C=O) groups is 2. The predicted octanol–water partition coefficient (Wildman–Crippen LogP) is 0.761. The van der Waals surface area contributed by atoms with E-state index in [1.54, 1.807) is 0 Å². The molecule has 1 atom stereocenters. The van der Waals surface area contributed by atoms with Gasteiger partial charge in [-0.05, 0) is 6.42 Å². The van der Waals surface area contributed by atoms with Gasteiger partial charge in [0.15, 0.2) is 0 Å². The van der Waals surface area contributed by atoms with Crippen molar-refractivity contribution in [2.24, 2.45) is 5.92 Å². The van der Waals surface area contributed by atoms with E-state index in [2.05, 4.69) is 4.74 Å². The maximum absolute atomic E-state index is 11.4. The molecule has 0 N–H and O–H groups in total. The van der Waals surface area contributed by atoms with Crippen LogP contribution in [0.25, 0.3) is 0 Å². The summed E-state index contributed by atoms with van der Waals surface area (Å²) in [5.74, 6) is 0.958. The zero-order chi connectivity index (χ0) is 11.3. The number of thioether (sulfide) groups is 1. The fourth-order valence-electron chi connectivity index (χ4n) is 1.25. The summed E-state index contributed by atoms with van der Waals surface area (Å²) in [5, 5.41) is 0. The van der Waals surface area contributed by atoms with Gasteiger partial charge in [-0.3, -0.25) is 9.59 Å². The highest BCUT2D eigenvalue weighted by atomic mass is 32.2. The van der Waals surface area contributed by atoms with Gasteiger partial charge in [-0.25, -0.2) is 0 Å². The first-order chi connectivity index (χ1) is 7.15. The van der Waals surface area contributed by atoms with Crippen molar-refractivity contribution >= 4 is 23.6 Å². The molecule has 0 aliphatic carbocycles. The van der Waals surface area contributed by atoms with Crippen molar-refractivity contribution in [3.63, 3.8) is 0 Å². The minimum atomic E-state index is -0.209. The molecule has 1 fully saturated rings. The topological polar surface area (TPSA) is 46.6 Å². The Bertz CT molecular complexity index is 241. The zero-order valence-electron chi connectivity index (χ0n) is 9.19. The van der Waals surface area contributed by atoms with Gasteiger partial charge in [0.1, 0.15) is 0 Å². The lowest BCUT2D eigenvalue weighted by Gasteiger charge is -2.30. The third-order valence-electron chi connectivity index (χ3n) is 2.41. The molecule has 5 heteroatoms. The molecule has 15 heavy (non-hydrogen) atoms. The summed E-state index contributed by atoms with van der Waals surface area (Å²) in [6.45, 7) is 3.60. The third-order valence-corrected chi connectivity index (χ3v) is 3.59. The smallest absolute Gasteiger partial charge is 0.309 e. The second-order valence-corrected chi connectivity index (χ2v) is 4.70. The van der Waals surface area contributed by atoms with Crippen molar-refractivity contribution in [2.45, 2.75) is 13.3 Å². The average molecular weight is 231 g/mol. The number of hydrogen-bond donors (Lipinski definition) is 0. The van der Waals surface area contributed by atoms with Gasteiger partial charge >= 0.3 is 5.97 Å². The van der Waals surface area contributed by atoms with E-state index in [-0.39, 0.29) is 17.8 Å². The first-order valence-electron chi connectivity index (χ1n) is 5.08. The maximum Gasteiger partial charge on any atom is 0.309 e. The molecule has 1 rings (SSSR count). The van der Waals surface area contributed by atoms with Crippen molar-refractivity contribution < 1.29 is 14.3 Å². The van der Waals surface area contributed by atoms with Gasteiger partial charge in [-0.2, -0.15) is 11.8 Å². The van der Waals surface area contributed by atoms with E-state index < -0.39 is 0 Å². The lowest BCUT2D eigenvalue weighted by Crippen LogP contribution is -2.43. The number of ether oxygens (including phenoxy) is 1. The Morgan fingerprint density at radius 2 is 2.13 bits per heavy atom. The van der Waals surface area contributed by atoms with Crippen LogP contribution in [0.5, 0.6) is 0 Å². The molecule has 0 saturated carbocycles. The summed E-state index contributed by atoms with van der Waals surface area (Å²) in [6, 6.07) is 0. The Hall–Kier alpha value is -0.710. The molecule has 0 aromatic rings. The molecule has 1 heterocycles. The monoisotopic (exact) mass is 231 g/mol. The van der Waals surface area contributed by atoms with Crippen LogP contribution < -0.4 is 0 Å². The normalized spacial score (nSPS) is 16.8. The van der Waals surface area contributed by atoms with E-state index in [9.17, 15) is 9.59 Å². The van der Waals surface area contributed by atoms with Crippen molar-refractivity contribution in [3.8, 4) is 0 Å². The highest BCUT2D eigenvalue weighted by molar-refractivity contribution is 7.99. The molecule has 0 spiro atoms. The molecule has 1 unspecified atom stereocenters. The SMILES string of the molecule is COC(=O)C(C)CSCC(=O)N1CCC1. The fourth-order valence-corrected chi connectivity index (χ4v) is 2.21. The Kier molecular flexibility index (Phi) is 4.94. The lowest BCUT2D eigenvalue weighted by molar-refractivity contribution is -0.144. The van der Waals surface area contributed by atoms with Crippen molar-refractivity contribution in [1.29, 1.82) is 0 Å². The highest BCUT2D eigenvalue weighted by Gasteiger charge is 2.20. The number of rotatable bonds is 5. The van der Waals surface area contributed by atoms with Crippen LogP contribution in [0.1, 0.15) is 13.3 Å². The summed E-state index contributed by atoms with van der Waals surface area (Å²) in [4.78, 5) is 24.3. The molecule has 0 bridgehead atoms. The van der Waals surface area contributed by atoms with Gasteiger partial charge < -0.3 is 9.64 Å². The molecule has 1 saturated heterocycles. The van der Waals surface area contributed by atoms with Crippen LogP contribution in [0.2, 0.25) is 0 Å². The number of nitrogens with zero attached hydrogens (tertiary/aromatic N) is 1. The van der Waals surface area contributed by atoms with Gasteiger partial charge in [0, 0.05) is 18.8 Å². The Balaban J connectivity index is 2.09. The first kappa shape index (κ1) is 12.4. The van der Waals surface area contributed by atoms with E-state index in [4.69, 9.17) is 0 Å². The molecule has 0 aromatic heterocycles. The van der Waals surface area contributed by atoms with Gasteiger partial charge in [0.25, 0.3) is 0 Å². The molecule has 1 aliphatic heterocycles. The molecule has 1 amide bonds. The molecular weight excluding hydrogens is 214 g/mol. The van der Waals surface area contributed by atoms with Gasteiger partial charge in [0.05, 0.1) is 18.8 Å². The molecular formula is C10H17NO3S. The first-order valence-corrected chi connectivity index (χ1v) is 6.24. The summed E-state index contributed by atoms with van der Waals surface area (Å²) in [5.41, 5.74) is 0. The van der Waals surface area contributed by atoms with Crippen LogP contribution in [-0.4, -0.2) is 48.5 Å². The minimum Gasteiger partial charge on any atom is -0.469 e. The molecule has 86 valence electrons. The lowest BCUT2D eigenvalue weighted by atomic mass is 10.2. The number of amides is 1. The number of hydrogen-bond acceptors (Lipinski definition) is 4. The second-order valence-electron chi connectivity index (χ2n) is 3.67. The Morgan fingerprint density at radius 3 is 2.60 bits per heavy atom. The Morgan fingerprint density at radius 1 is 1.47 bits per heavy atom. The summed E-state index contributed by atoms with van der Waals surface area (Å²) >= 11 is 1.50. The van der Waals surface area contributed by atoms with Crippen LogP contribution in [0.4, 0.5) is 0 Å². The molecule has 4 nitrogen and oxygen atoms in total. The minimum absolute atomic E-state index is 0.135. The largest absolute Gasteiger partial charge is 0.469 e. The van der Waals surface area contributed by atoms with Crippen molar-refractivity contribution in [3.05, 3.63) is 0 Å². The summed E-state index contributed by atoms with van der Waals surface area (Å²) < 4.78 is 4.60. The summed E-state index contributed by atoms with van der Waals surface area (Å²) in [7, 11) is 1.38. The third kappa shape index (κ3) is 3.74. The van der Waals surface area contributed by atoms with E-state index in [1.807, 2.05) is 11.8 Å².